The van der Waals surface area contributed by atoms with Crippen molar-refractivity contribution in [1.29, 1.82) is 0 Å². The Balaban J connectivity index is 1.62. The van der Waals surface area contributed by atoms with Crippen molar-refractivity contribution in [3.63, 3.8) is 0 Å². The lowest BCUT2D eigenvalue weighted by Gasteiger charge is -2.16. The molecule has 130 valence electrons. The smallest absolute Gasteiger partial charge is 0.161 e. The second-order valence-corrected chi connectivity index (χ2v) is 7.08. The lowest BCUT2D eigenvalue weighted by molar-refractivity contribution is 0.196. The van der Waals surface area contributed by atoms with Crippen LogP contribution in [-0.2, 0) is 19.4 Å². The van der Waals surface area contributed by atoms with Gasteiger partial charge in [-0.25, -0.2) is 4.98 Å². The number of fused-ring (bicyclic) bond motifs is 1. The Kier molecular flexibility index (Phi) is 5.71. The summed E-state index contributed by atoms with van der Waals surface area (Å²) in [4.78, 5) is 6.19. The van der Waals surface area contributed by atoms with E-state index in [2.05, 4.69) is 12.2 Å². The second-order valence-electron chi connectivity index (χ2n) is 5.92. The molecule has 1 aromatic heterocycles. The molecule has 0 radical (unpaired) electrons. The molecule has 0 aliphatic heterocycles. The molecule has 0 spiro atoms. The first-order valence-electron chi connectivity index (χ1n) is 8.33. The van der Waals surface area contributed by atoms with Gasteiger partial charge >= 0.3 is 0 Å². The molecule has 1 unspecified atom stereocenters. The van der Waals surface area contributed by atoms with Gasteiger partial charge in [0.15, 0.2) is 11.5 Å². The fraction of sp³-hybridized carbons (Fsp3) is 0.500. The van der Waals surface area contributed by atoms with Crippen LogP contribution in [0, 0.1) is 0 Å². The van der Waals surface area contributed by atoms with Crippen LogP contribution in [0.15, 0.2) is 18.2 Å². The van der Waals surface area contributed by atoms with Crippen LogP contribution in [0.4, 0.5) is 0 Å². The second kappa shape index (κ2) is 7.96. The SMILES string of the molecule is COc1cc(C(C)NCc2nc3c(s2)CCC3)ccc1OCCO. The lowest BCUT2D eigenvalue weighted by atomic mass is 10.1. The summed E-state index contributed by atoms with van der Waals surface area (Å²) < 4.78 is 10.9. The van der Waals surface area contributed by atoms with Gasteiger partial charge < -0.3 is 19.9 Å². The standard InChI is InChI=1S/C18H24N2O3S/c1-12(19-11-18-20-14-4-3-5-17(14)24-18)13-6-7-15(23-9-8-21)16(10-13)22-2/h6-7,10,12,19,21H,3-5,8-9,11H2,1-2H3. The predicted octanol–water partition coefficient (Wildman–Crippen LogP) is 2.86. The molecule has 0 fully saturated rings. The Labute approximate surface area is 146 Å². The van der Waals surface area contributed by atoms with Crippen LogP contribution in [0.25, 0.3) is 0 Å². The molecule has 0 amide bonds. The summed E-state index contributed by atoms with van der Waals surface area (Å²) in [6.07, 6.45) is 3.58. The predicted molar refractivity (Wildman–Crippen MR) is 95.0 cm³/mol. The van der Waals surface area contributed by atoms with Gasteiger partial charge in [0.25, 0.3) is 0 Å². The number of nitrogens with zero attached hydrogens (tertiary/aromatic N) is 1. The third-order valence-electron chi connectivity index (χ3n) is 4.24. The largest absolute Gasteiger partial charge is 0.493 e. The zero-order valence-corrected chi connectivity index (χ0v) is 15.0. The van der Waals surface area contributed by atoms with E-state index in [1.807, 2.05) is 29.5 Å². The van der Waals surface area contributed by atoms with E-state index in [1.54, 1.807) is 7.11 Å². The Morgan fingerprint density at radius 2 is 2.21 bits per heavy atom. The lowest BCUT2D eigenvalue weighted by Crippen LogP contribution is -2.18. The number of methoxy groups -OCH3 is 1. The number of hydrogen-bond donors (Lipinski definition) is 2. The molecule has 1 aliphatic rings. The van der Waals surface area contributed by atoms with Crippen molar-refractivity contribution < 1.29 is 14.6 Å². The maximum Gasteiger partial charge on any atom is 0.161 e. The molecule has 1 heterocycles. The molecule has 0 saturated carbocycles. The highest BCUT2D eigenvalue weighted by Gasteiger charge is 2.17. The maximum absolute atomic E-state index is 8.87. The molecule has 5 nitrogen and oxygen atoms in total. The zero-order valence-electron chi connectivity index (χ0n) is 14.2. The van der Waals surface area contributed by atoms with Crippen molar-refractivity contribution >= 4 is 11.3 Å². The van der Waals surface area contributed by atoms with E-state index in [-0.39, 0.29) is 19.3 Å². The van der Waals surface area contributed by atoms with Gasteiger partial charge in [0.05, 0.1) is 19.4 Å². The topological polar surface area (TPSA) is 63.6 Å². The molecule has 1 aliphatic carbocycles. The molecule has 0 bridgehead atoms. The van der Waals surface area contributed by atoms with E-state index in [0.29, 0.717) is 11.5 Å². The molecule has 6 heteroatoms. The van der Waals surface area contributed by atoms with Crippen molar-refractivity contribution in [3.05, 3.63) is 39.3 Å². The highest BCUT2D eigenvalue weighted by atomic mass is 32.1. The summed E-state index contributed by atoms with van der Waals surface area (Å²) in [5, 5.41) is 13.6. The minimum absolute atomic E-state index is 0.0132. The zero-order chi connectivity index (χ0) is 16.9. The quantitative estimate of drug-likeness (QED) is 0.768. The molecule has 3 rings (SSSR count). The van der Waals surface area contributed by atoms with Crippen LogP contribution >= 0.6 is 11.3 Å². The van der Waals surface area contributed by atoms with Gasteiger partial charge in [-0.2, -0.15) is 0 Å². The Morgan fingerprint density at radius 1 is 1.33 bits per heavy atom. The summed E-state index contributed by atoms with van der Waals surface area (Å²) in [7, 11) is 1.63. The van der Waals surface area contributed by atoms with Gasteiger partial charge in [0, 0.05) is 17.5 Å². The average Bonchev–Trinajstić information content (AvgIpc) is 3.19. The number of aromatic nitrogens is 1. The van der Waals surface area contributed by atoms with Crippen molar-refractivity contribution in [1.82, 2.24) is 10.3 Å². The Bertz CT molecular complexity index is 665. The minimum atomic E-state index is -0.0132. The number of rotatable bonds is 8. The van der Waals surface area contributed by atoms with E-state index in [1.165, 1.54) is 28.4 Å². The molecule has 2 N–H and O–H groups in total. The molecule has 1 atom stereocenters. The first-order valence-corrected chi connectivity index (χ1v) is 9.15. The van der Waals surface area contributed by atoms with Crippen LogP contribution in [0.3, 0.4) is 0 Å². The van der Waals surface area contributed by atoms with Crippen LogP contribution in [0.1, 0.15) is 40.5 Å². The number of benzene rings is 1. The number of aryl methyl sites for hydroxylation is 2. The highest BCUT2D eigenvalue weighted by Crippen LogP contribution is 2.31. The van der Waals surface area contributed by atoms with Gasteiger partial charge in [-0.3, -0.25) is 0 Å². The number of hydrogen-bond acceptors (Lipinski definition) is 6. The number of aliphatic hydroxyl groups is 1. The van der Waals surface area contributed by atoms with E-state index >= 15 is 0 Å². The molecular formula is C18H24N2O3S. The summed E-state index contributed by atoms with van der Waals surface area (Å²) in [6.45, 7) is 3.16. The Hall–Kier alpha value is -1.63. The molecule has 2 aromatic rings. The third kappa shape index (κ3) is 3.88. The van der Waals surface area contributed by atoms with Crippen molar-refractivity contribution in [2.45, 2.75) is 38.8 Å². The van der Waals surface area contributed by atoms with Gasteiger partial charge in [0.2, 0.25) is 0 Å². The van der Waals surface area contributed by atoms with Crippen molar-refractivity contribution in [2.24, 2.45) is 0 Å². The molecule has 1 aromatic carbocycles. The summed E-state index contributed by atoms with van der Waals surface area (Å²) in [6, 6.07) is 6.07. The van der Waals surface area contributed by atoms with Gasteiger partial charge in [-0.05, 0) is 43.9 Å². The first-order chi connectivity index (χ1) is 11.7. The first kappa shape index (κ1) is 17.2. The molecular weight excluding hydrogens is 324 g/mol. The van der Waals surface area contributed by atoms with Crippen LogP contribution in [-0.4, -0.2) is 30.4 Å². The number of aliphatic hydroxyl groups excluding tert-OH is 1. The molecule has 0 saturated heterocycles. The van der Waals surface area contributed by atoms with Crippen LogP contribution in [0.5, 0.6) is 11.5 Å². The van der Waals surface area contributed by atoms with Crippen LogP contribution < -0.4 is 14.8 Å². The third-order valence-corrected chi connectivity index (χ3v) is 5.39. The summed E-state index contributed by atoms with van der Waals surface area (Å²) in [5.41, 5.74) is 2.43. The van der Waals surface area contributed by atoms with Gasteiger partial charge in [0.1, 0.15) is 11.6 Å². The number of nitrogens with one attached hydrogen (secondary N) is 1. The van der Waals surface area contributed by atoms with E-state index in [4.69, 9.17) is 19.6 Å². The molecule has 24 heavy (non-hydrogen) atoms. The fourth-order valence-electron chi connectivity index (χ4n) is 2.91. The van der Waals surface area contributed by atoms with E-state index in [0.717, 1.165) is 18.5 Å². The van der Waals surface area contributed by atoms with E-state index in [9.17, 15) is 0 Å². The van der Waals surface area contributed by atoms with Gasteiger partial charge in [-0.1, -0.05) is 6.07 Å². The summed E-state index contributed by atoms with van der Waals surface area (Å²) in [5.74, 6) is 1.33. The number of thiazole rings is 1. The van der Waals surface area contributed by atoms with Crippen molar-refractivity contribution in [3.8, 4) is 11.5 Å². The minimum Gasteiger partial charge on any atom is -0.493 e. The van der Waals surface area contributed by atoms with Crippen molar-refractivity contribution in [2.75, 3.05) is 20.3 Å². The average molecular weight is 348 g/mol. The van der Waals surface area contributed by atoms with Gasteiger partial charge in [-0.15, -0.1) is 11.3 Å². The Morgan fingerprint density at radius 3 is 2.96 bits per heavy atom. The summed E-state index contributed by atoms with van der Waals surface area (Å²) >= 11 is 1.84. The van der Waals surface area contributed by atoms with E-state index < -0.39 is 0 Å². The fourth-order valence-corrected chi connectivity index (χ4v) is 4.01. The maximum atomic E-state index is 8.87. The normalized spacial score (nSPS) is 14.5. The van der Waals surface area contributed by atoms with Crippen LogP contribution in [0.2, 0.25) is 0 Å². The highest BCUT2D eigenvalue weighted by molar-refractivity contribution is 7.11. The monoisotopic (exact) mass is 348 g/mol. The number of ether oxygens (including phenoxy) is 2.